The lowest BCUT2D eigenvalue weighted by molar-refractivity contribution is -0.146. The molecule has 1 aliphatic rings. The lowest BCUT2D eigenvalue weighted by atomic mass is 9.93. The molecule has 12 nitrogen and oxygen atoms in total. The number of carbonyl (C=O) groups excluding carboxylic acids is 1. The number of hydrogen-bond donors (Lipinski definition) is 3. The predicted octanol–water partition coefficient (Wildman–Crippen LogP) is 3.53. The summed E-state index contributed by atoms with van der Waals surface area (Å²) in [6.45, 7) is 8.83. The van der Waals surface area contributed by atoms with Crippen LogP contribution in [-0.2, 0) is 29.0 Å². The Morgan fingerprint density at radius 3 is 2.61 bits per heavy atom. The van der Waals surface area contributed by atoms with Gasteiger partial charge in [0.2, 0.25) is 0 Å². The molecule has 1 fully saturated rings. The van der Waals surface area contributed by atoms with Crippen molar-refractivity contribution in [1.29, 1.82) is 0 Å². The summed E-state index contributed by atoms with van der Waals surface area (Å²) >= 11 is 0. The Morgan fingerprint density at radius 2 is 1.93 bits per heavy atom. The summed E-state index contributed by atoms with van der Waals surface area (Å²) in [6, 6.07) is 7.33. The number of benzene rings is 1. The second-order valence-electron chi connectivity index (χ2n) is 10.4. The van der Waals surface area contributed by atoms with Crippen LogP contribution in [0.4, 0.5) is 0 Å². The van der Waals surface area contributed by atoms with Gasteiger partial charge >= 0.3 is 13.7 Å². The van der Waals surface area contributed by atoms with Crippen molar-refractivity contribution >= 4 is 19.4 Å². The van der Waals surface area contributed by atoms with Crippen molar-refractivity contribution in [3.05, 3.63) is 60.3 Å². The van der Waals surface area contributed by atoms with E-state index < -0.39 is 50.3 Å². The molecule has 1 saturated heterocycles. The molecule has 13 heteroatoms. The highest BCUT2D eigenvalue weighted by molar-refractivity contribution is 7.52. The number of para-hydroxylation sites is 1. The number of aliphatic hydroxyl groups excluding tert-OH is 2. The van der Waals surface area contributed by atoms with Crippen molar-refractivity contribution in [3.63, 3.8) is 0 Å². The Hall–Kier alpha value is -2.86. The number of esters is 1. The number of ether oxygens (including phenoxy) is 2. The Labute approximate surface area is 239 Å². The molecule has 4 rings (SSSR count). The fourth-order valence-corrected chi connectivity index (χ4v) is 6.27. The second-order valence-corrected chi connectivity index (χ2v) is 12.1. The molecule has 0 radical (unpaired) electrons. The Bertz CT molecular complexity index is 1370. The smallest absolute Gasteiger partial charge is 0.459 e. The van der Waals surface area contributed by atoms with E-state index in [9.17, 15) is 19.6 Å². The maximum Gasteiger partial charge on any atom is 0.459 e. The van der Waals surface area contributed by atoms with Gasteiger partial charge in [0.25, 0.3) is 0 Å². The van der Waals surface area contributed by atoms with Crippen molar-refractivity contribution in [2.45, 2.75) is 77.4 Å². The maximum absolute atomic E-state index is 13.9. The standard InChI is InChI=1S/C28H39N4O8P/c1-6-20(7-2)16-37-27(35)19(4)31-41(36,40-21-11-9-8-10-12-21)38-17-22-24(33)25(34)28(5,39-22)23-15-30-26-18(3)29-13-14-32(23)26/h8-15,19-20,22,24-25,33-34H,6-7,16-17H2,1-5H3,(H,31,36)/t19-,22+,24+,25+,28-,41-/m0/s1. The van der Waals surface area contributed by atoms with E-state index in [-0.39, 0.29) is 18.3 Å². The number of imidazole rings is 1. The first-order valence-corrected chi connectivity index (χ1v) is 15.3. The van der Waals surface area contributed by atoms with Gasteiger partial charge in [0.15, 0.2) is 5.65 Å². The van der Waals surface area contributed by atoms with E-state index >= 15 is 0 Å². The van der Waals surface area contributed by atoms with E-state index in [1.54, 1.807) is 60.2 Å². The molecule has 2 aromatic heterocycles. The Kier molecular flexibility index (Phi) is 9.84. The molecule has 6 atom stereocenters. The monoisotopic (exact) mass is 590 g/mol. The van der Waals surface area contributed by atoms with Crippen molar-refractivity contribution in [2.24, 2.45) is 5.92 Å². The molecule has 3 aromatic rings. The first-order valence-electron chi connectivity index (χ1n) is 13.8. The average molecular weight is 591 g/mol. The van der Waals surface area contributed by atoms with E-state index in [1.165, 1.54) is 6.92 Å². The van der Waals surface area contributed by atoms with E-state index in [1.807, 2.05) is 20.8 Å². The average Bonchev–Trinajstić information content (AvgIpc) is 3.49. The number of aryl methyl sites for hydroxylation is 1. The van der Waals surface area contributed by atoms with Crippen LogP contribution in [0.5, 0.6) is 5.75 Å². The fourth-order valence-electron chi connectivity index (χ4n) is 4.76. The molecule has 0 aliphatic carbocycles. The van der Waals surface area contributed by atoms with Gasteiger partial charge in [0, 0.05) is 12.4 Å². The Balaban J connectivity index is 1.50. The number of aliphatic hydroxyl groups is 2. The minimum Gasteiger partial charge on any atom is -0.464 e. The van der Waals surface area contributed by atoms with Gasteiger partial charge in [-0.25, -0.2) is 9.55 Å². The summed E-state index contributed by atoms with van der Waals surface area (Å²) in [7, 11) is -4.21. The number of rotatable bonds is 13. The van der Waals surface area contributed by atoms with Crippen LogP contribution in [0.2, 0.25) is 0 Å². The molecular formula is C28H39N4O8P. The summed E-state index contributed by atoms with van der Waals surface area (Å²) in [5.41, 5.74) is 0.407. The quantitative estimate of drug-likeness (QED) is 0.198. The van der Waals surface area contributed by atoms with Crippen molar-refractivity contribution in [2.75, 3.05) is 13.2 Å². The van der Waals surface area contributed by atoms with Gasteiger partial charge in [-0.1, -0.05) is 44.9 Å². The zero-order valence-electron chi connectivity index (χ0n) is 24.0. The predicted molar refractivity (Wildman–Crippen MR) is 150 cm³/mol. The molecule has 224 valence electrons. The number of nitrogens with one attached hydrogen (secondary N) is 1. The van der Waals surface area contributed by atoms with Gasteiger partial charge in [0.1, 0.15) is 35.7 Å². The largest absolute Gasteiger partial charge is 0.464 e. The summed E-state index contributed by atoms with van der Waals surface area (Å²) in [4.78, 5) is 21.3. The minimum atomic E-state index is -4.21. The topological polar surface area (TPSA) is 154 Å². The summed E-state index contributed by atoms with van der Waals surface area (Å²) in [5, 5.41) is 24.6. The van der Waals surface area contributed by atoms with E-state index in [0.29, 0.717) is 17.0 Å². The molecule has 0 spiro atoms. The molecule has 3 N–H and O–H groups in total. The second kappa shape index (κ2) is 13.0. The molecule has 1 aliphatic heterocycles. The van der Waals surface area contributed by atoms with Gasteiger partial charge < -0.3 is 24.2 Å². The third kappa shape index (κ3) is 6.80. The normalized spacial score (nSPS) is 24.8. The number of hydrogen-bond acceptors (Lipinski definition) is 10. The van der Waals surface area contributed by atoms with Crippen LogP contribution in [0.25, 0.3) is 5.65 Å². The van der Waals surface area contributed by atoms with Crippen LogP contribution in [0, 0.1) is 12.8 Å². The van der Waals surface area contributed by atoms with Gasteiger partial charge in [-0.15, -0.1) is 0 Å². The lowest BCUT2D eigenvalue weighted by Gasteiger charge is -2.27. The molecule has 0 bridgehead atoms. The molecule has 0 unspecified atom stereocenters. The number of carbonyl (C=O) groups is 1. The third-order valence-electron chi connectivity index (χ3n) is 7.48. The maximum atomic E-state index is 13.9. The summed E-state index contributed by atoms with van der Waals surface area (Å²) in [5.74, 6) is -0.132. The number of fused-ring (bicyclic) bond motifs is 1. The zero-order chi connectivity index (χ0) is 29.8. The van der Waals surface area contributed by atoms with Crippen LogP contribution in [0.3, 0.4) is 0 Å². The van der Waals surface area contributed by atoms with E-state index in [0.717, 1.165) is 12.8 Å². The van der Waals surface area contributed by atoms with Crippen LogP contribution >= 0.6 is 7.75 Å². The molecule has 41 heavy (non-hydrogen) atoms. The van der Waals surface area contributed by atoms with Crippen molar-refractivity contribution in [1.82, 2.24) is 19.5 Å². The highest BCUT2D eigenvalue weighted by atomic mass is 31.2. The highest BCUT2D eigenvalue weighted by Crippen LogP contribution is 2.47. The van der Waals surface area contributed by atoms with Gasteiger partial charge in [-0.3, -0.25) is 18.7 Å². The molecule has 0 saturated carbocycles. The van der Waals surface area contributed by atoms with Crippen LogP contribution in [-0.4, -0.2) is 68.1 Å². The molecule has 3 heterocycles. The van der Waals surface area contributed by atoms with E-state index in [4.69, 9.17) is 18.5 Å². The zero-order valence-corrected chi connectivity index (χ0v) is 24.9. The van der Waals surface area contributed by atoms with Gasteiger partial charge in [-0.2, -0.15) is 5.09 Å². The van der Waals surface area contributed by atoms with Gasteiger partial charge in [-0.05, 0) is 38.8 Å². The summed E-state index contributed by atoms with van der Waals surface area (Å²) in [6.07, 6.45) is 2.76. The highest BCUT2D eigenvalue weighted by Gasteiger charge is 2.54. The minimum absolute atomic E-state index is 0.226. The SMILES string of the molecule is CCC(CC)COC(=O)[C@H](C)N[P@](=O)(OC[C@H]1O[C@@](C)(c2cnc3c(C)nccn23)[C@H](O)[C@@H]1O)Oc1ccccc1. The number of aromatic nitrogens is 3. The fraction of sp³-hybridized carbons (Fsp3) is 0.536. The lowest BCUT2D eigenvalue weighted by Crippen LogP contribution is -2.39. The van der Waals surface area contributed by atoms with Crippen LogP contribution in [0.15, 0.2) is 48.9 Å². The Morgan fingerprint density at radius 1 is 1.22 bits per heavy atom. The first-order chi connectivity index (χ1) is 19.5. The van der Waals surface area contributed by atoms with E-state index in [2.05, 4.69) is 15.1 Å². The molecule has 0 amide bonds. The number of nitrogens with zero attached hydrogens (tertiary/aromatic N) is 3. The third-order valence-corrected chi connectivity index (χ3v) is 9.12. The summed E-state index contributed by atoms with van der Waals surface area (Å²) < 4.78 is 38.7. The van der Waals surface area contributed by atoms with Crippen molar-refractivity contribution in [3.8, 4) is 5.75 Å². The van der Waals surface area contributed by atoms with Gasteiger partial charge in [0.05, 0.1) is 30.8 Å². The molecular weight excluding hydrogens is 551 g/mol. The van der Waals surface area contributed by atoms with Crippen LogP contribution in [0.1, 0.15) is 51.9 Å². The van der Waals surface area contributed by atoms with Crippen LogP contribution < -0.4 is 9.61 Å². The first kappa shape index (κ1) is 31.1. The van der Waals surface area contributed by atoms with Crippen molar-refractivity contribution < 1.29 is 38.1 Å². The molecule has 1 aromatic carbocycles.